The Morgan fingerprint density at radius 1 is 1.15 bits per heavy atom. The van der Waals surface area contributed by atoms with Crippen LogP contribution in [0.5, 0.6) is 0 Å². The molecule has 0 radical (unpaired) electrons. The zero-order chi connectivity index (χ0) is 14.6. The Balaban J connectivity index is 1.92. The molecule has 108 valence electrons. The SMILES string of the molecule is CC(C)(C)C1CCCN(Cc2ccc(C#N)cc2)CC1. The lowest BCUT2D eigenvalue weighted by molar-refractivity contribution is 0.206. The minimum atomic E-state index is 0.435. The maximum atomic E-state index is 8.83. The summed E-state index contributed by atoms with van der Waals surface area (Å²) in [5.41, 5.74) is 2.50. The zero-order valence-electron chi connectivity index (χ0n) is 13.0. The highest BCUT2D eigenvalue weighted by Crippen LogP contribution is 2.34. The van der Waals surface area contributed by atoms with E-state index in [1.807, 2.05) is 12.1 Å². The quantitative estimate of drug-likeness (QED) is 0.805. The lowest BCUT2D eigenvalue weighted by Gasteiger charge is -2.29. The molecule has 1 aromatic carbocycles. The average Bonchev–Trinajstić information content (AvgIpc) is 2.65. The van der Waals surface area contributed by atoms with Crippen LogP contribution in [-0.4, -0.2) is 18.0 Å². The summed E-state index contributed by atoms with van der Waals surface area (Å²) >= 11 is 0. The number of rotatable bonds is 2. The molecular formula is C18H26N2. The van der Waals surface area contributed by atoms with E-state index in [4.69, 9.17) is 5.26 Å². The summed E-state index contributed by atoms with van der Waals surface area (Å²) in [4.78, 5) is 2.56. The number of nitrogens with zero attached hydrogens (tertiary/aromatic N) is 2. The van der Waals surface area contributed by atoms with Crippen molar-refractivity contribution < 1.29 is 0 Å². The van der Waals surface area contributed by atoms with Gasteiger partial charge in [0.2, 0.25) is 0 Å². The van der Waals surface area contributed by atoms with Crippen molar-refractivity contribution in [1.29, 1.82) is 5.26 Å². The number of benzene rings is 1. The molecule has 0 amide bonds. The lowest BCUT2D eigenvalue weighted by atomic mass is 9.77. The molecule has 1 fully saturated rings. The second-order valence-corrected chi connectivity index (χ2v) is 7.08. The molecule has 0 spiro atoms. The highest BCUT2D eigenvalue weighted by molar-refractivity contribution is 5.31. The highest BCUT2D eigenvalue weighted by atomic mass is 15.1. The van der Waals surface area contributed by atoms with E-state index in [9.17, 15) is 0 Å². The van der Waals surface area contributed by atoms with E-state index >= 15 is 0 Å². The topological polar surface area (TPSA) is 27.0 Å². The van der Waals surface area contributed by atoms with Gasteiger partial charge in [0.05, 0.1) is 11.6 Å². The first-order chi connectivity index (χ1) is 9.49. The van der Waals surface area contributed by atoms with Gasteiger partial charge in [-0.2, -0.15) is 5.26 Å². The molecule has 1 saturated heterocycles. The van der Waals surface area contributed by atoms with Gasteiger partial charge in [-0.15, -0.1) is 0 Å². The average molecular weight is 270 g/mol. The highest BCUT2D eigenvalue weighted by Gasteiger charge is 2.26. The van der Waals surface area contributed by atoms with Gasteiger partial charge in [0.15, 0.2) is 0 Å². The summed E-state index contributed by atoms with van der Waals surface area (Å²) in [7, 11) is 0. The Bertz CT molecular complexity index is 462. The second-order valence-electron chi connectivity index (χ2n) is 7.08. The first kappa shape index (κ1) is 15.1. The molecule has 20 heavy (non-hydrogen) atoms. The Morgan fingerprint density at radius 3 is 2.45 bits per heavy atom. The lowest BCUT2D eigenvalue weighted by Crippen LogP contribution is -2.26. The maximum Gasteiger partial charge on any atom is 0.0991 e. The third-order valence-electron chi connectivity index (χ3n) is 4.53. The van der Waals surface area contributed by atoms with E-state index < -0.39 is 0 Å². The molecule has 2 nitrogen and oxygen atoms in total. The molecule has 0 N–H and O–H groups in total. The number of hydrogen-bond donors (Lipinski definition) is 0. The number of likely N-dealkylation sites (tertiary alicyclic amines) is 1. The predicted octanol–water partition coefficient (Wildman–Crippen LogP) is 4.21. The maximum absolute atomic E-state index is 8.83. The van der Waals surface area contributed by atoms with Crippen LogP contribution >= 0.6 is 0 Å². The molecular weight excluding hydrogens is 244 g/mol. The van der Waals surface area contributed by atoms with Crippen LogP contribution in [0.1, 0.15) is 51.2 Å². The van der Waals surface area contributed by atoms with Crippen LogP contribution < -0.4 is 0 Å². The van der Waals surface area contributed by atoms with E-state index in [2.05, 4.69) is 43.9 Å². The van der Waals surface area contributed by atoms with Gasteiger partial charge in [-0.1, -0.05) is 32.9 Å². The van der Waals surface area contributed by atoms with Crippen molar-refractivity contribution >= 4 is 0 Å². The molecule has 0 saturated carbocycles. The van der Waals surface area contributed by atoms with Gasteiger partial charge in [0.25, 0.3) is 0 Å². The Morgan fingerprint density at radius 2 is 1.85 bits per heavy atom. The normalized spacial score (nSPS) is 21.2. The van der Waals surface area contributed by atoms with Crippen molar-refractivity contribution in [2.75, 3.05) is 13.1 Å². The molecule has 2 heteroatoms. The van der Waals surface area contributed by atoms with Crippen molar-refractivity contribution in [3.05, 3.63) is 35.4 Å². The predicted molar refractivity (Wildman–Crippen MR) is 83.2 cm³/mol. The van der Waals surface area contributed by atoms with E-state index in [-0.39, 0.29) is 0 Å². The summed E-state index contributed by atoms with van der Waals surface area (Å²) < 4.78 is 0. The van der Waals surface area contributed by atoms with Crippen molar-refractivity contribution in [1.82, 2.24) is 4.90 Å². The summed E-state index contributed by atoms with van der Waals surface area (Å²) in [5.74, 6) is 0.841. The summed E-state index contributed by atoms with van der Waals surface area (Å²) in [5, 5.41) is 8.83. The van der Waals surface area contributed by atoms with Crippen molar-refractivity contribution in [2.45, 2.75) is 46.6 Å². The van der Waals surface area contributed by atoms with Gasteiger partial charge in [-0.3, -0.25) is 4.90 Å². The molecule has 0 aromatic heterocycles. The van der Waals surface area contributed by atoms with Crippen LogP contribution in [-0.2, 0) is 6.54 Å². The van der Waals surface area contributed by atoms with E-state index in [1.54, 1.807) is 0 Å². The minimum Gasteiger partial charge on any atom is -0.299 e. The molecule has 2 rings (SSSR count). The number of hydrogen-bond acceptors (Lipinski definition) is 2. The van der Waals surface area contributed by atoms with Gasteiger partial charge in [-0.25, -0.2) is 0 Å². The summed E-state index contributed by atoms with van der Waals surface area (Å²) in [6.45, 7) is 10.5. The van der Waals surface area contributed by atoms with Crippen LogP contribution in [0, 0.1) is 22.7 Å². The van der Waals surface area contributed by atoms with Crippen molar-refractivity contribution in [3.8, 4) is 6.07 Å². The zero-order valence-corrected chi connectivity index (χ0v) is 13.0. The molecule has 0 aliphatic carbocycles. The fourth-order valence-electron chi connectivity index (χ4n) is 3.12. The largest absolute Gasteiger partial charge is 0.299 e. The third-order valence-corrected chi connectivity index (χ3v) is 4.53. The molecule has 1 aromatic rings. The van der Waals surface area contributed by atoms with Crippen LogP contribution in [0.4, 0.5) is 0 Å². The van der Waals surface area contributed by atoms with E-state index in [0.29, 0.717) is 5.41 Å². The van der Waals surface area contributed by atoms with Crippen molar-refractivity contribution in [3.63, 3.8) is 0 Å². The van der Waals surface area contributed by atoms with Gasteiger partial charge >= 0.3 is 0 Å². The monoisotopic (exact) mass is 270 g/mol. The molecule has 0 bridgehead atoms. The molecule has 1 unspecified atom stereocenters. The summed E-state index contributed by atoms with van der Waals surface area (Å²) in [6, 6.07) is 10.2. The Kier molecular flexibility index (Phi) is 4.83. The van der Waals surface area contributed by atoms with Gasteiger partial charge in [0.1, 0.15) is 0 Å². The van der Waals surface area contributed by atoms with Gasteiger partial charge in [-0.05, 0) is 61.4 Å². The Labute approximate surface area is 123 Å². The standard InChI is InChI=1S/C18H26N2/c1-18(2,3)17-5-4-11-20(12-10-17)14-16-8-6-15(13-19)7-9-16/h6-9,17H,4-5,10-12,14H2,1-3H3. The summed E-state index contributed by atoms with van der Waals surface area (Å²) in [6.07, 6.45) is 3.96. The van der Waals surface area contributed by atoms with E-state index in [1.165, 1.54) is 37.9 Å². The molecule has 1 aliphatic rings. The van der Waals surface area contributed by atoms with Crippen LogP contribution in [0.3, 0.4) is 0 Å². The molecule has 1 atom stereocenters. The Hall–Kier alpha value is -1.33. The number of nitriles is 1. The van der Waals surface area contributed by atoms with Crippen molar-refractivity contribution in [2.24, 2.45) is 11.3 Å². The van der Waals surface area contributed by atoms with Gasteiger partial charge < -0.3 is 0 Å². The van der Waals surface area contributed by atoms with Crippen LogP contribution in [0.15, 0.2) is 24.3 Å². The van der Waals surface area contributed by atoms with Crippen LogP contribution in [0.25, 0.3) is 0 Å². The fourth-order valence-corrected chi connectivity index (χ4v) is 3.12. The smallest absolute Gasteiger partial charge is 0.0991 e. The van der Waals surface area contributed by atoms with E-state index in [0.717, 1.165) is 18.0 Å². The fraction of sp³-hybridized carbons (Fsp3) is 0.611. The second kappa shape index (κ2) is 6.41. The molecule has 1 heterocycles. The van der Waals surface area contributed by atoms with Crippen LogP contribution in [0.2, 0.25) is 0 Å². The molecule has 1 aliphatic heterocycles. The third kappa shape index (κ3) is 4.08. The first-order valence-corrected chi connectivity index (χ1v) is 7.70. The minimum absolute atomic E-state index is 0.435. The first-order valence-electron chi connectivity index (χ1n) is 7.70. The van der Waals surface area contributed by atoms with Gasteiger partial charge in [0, 0.05) is 6.54 Å².